The maximum absolute atomic E-state index is 11.2. The standard InChI is InChI=1S/C17H23NO3/c1-18-14-5-6-15(18)11-17(19,10-14)13-4-2-3-12(9-13)16-20-7-8-21-16/h2-4,9,14-16,19H,5-8,10-11H2,1H3. The molecule has 0 amide bonds. The third-order valence-corrected chi connectivity index (χ3v) is 5.45. The lowest BCUT2D eigenvalue weighted by Crippen LogP contribution is -2.47. The number of hydrogen-bond donors (Lipinski definition) is 1. The lowest BCUT2D eigenvalue weighted by atomic mass is 9.80. The van der Waals surface area contributed by atoms with E-state index in [1.165, 1.54) is 12.8 Å². The van der Waals surface area contributed by atoms with E-state index < -0.39 is 5.60 Å². The fourth-order valence-electron chi connectivity index (χ4n) is 4.21. The number of nitrogens with zero attached hydrogens (tertiary/aromatic N) is 1. The molecule has 0 saturated carbocycles. The molecule has 3 fully saturated rings. The van der Waals surface area contributed by atoms with Crippen LogP contribution in [0.5, 0.6) is 0 Å². The van der Waals surface area contributed by atoms with Crippen molar-refractivity contribution in [3.8, 4) is 0 Å². The van der Waals surface area contributed by atoms with Crippen molar-refractivity contribution in [3.63, 3.8) is 0 Å². The summed E-state index contributed by atoms with van der Waals surface area (Å²) in [7, 11) is 2.19. The van der Waals surface area contributed by atoms with E-state index in [1.807, 2.05) is 18.2 Å². The van der Waals surface area contributed by atoms with E-state index in [1.54, 1.807) is 0 Å². The Morgan fingerprint density at radius 2 is 1.81 bits per heavy atom. The van der Waals surface area contributed by atoms with E-state index >= 15 is 0 Å². The largest absolute Gasteiger partial charge is 0.385 e. The number of aliphatic hydroxyl groups is 1. The van der Waals surface area contributed by atoms with Crippen LogP contribution in [-0.4, -0.2) is 42.4 Å². The Bertz CT molecular complexity index is 513. The lowest BCUT2D eigenvalue weighted by Gasteiger charge is -2.42. The van der Waals surface area contributed by atoms with Crippen LogP contribution in [0.3, 0.4) is 0 Å². The van der Waals surface area contributed by atoms with Gasteiger partial charge in [-0.3, -0.25) is 0 Å². The molecule has 1 N–H and O–H groups in total. The summed E-state index contributed by atoms with van der Waals surface area (Å²) in [4.78, 5) is 2.45. The molecule has 0 radical (unpaired) electrons. The molecule has 3 aliphatic rings. The van der Waals surface area contributed by atoms with Gasteiger partial charge in [-0.1, -0.05) is 18.2 Å². The SMILES string of the molecule is CN1C2CCC1CC(O)(c1cccc(C3OCCO3)c1)C2. The zero-order valence-electron chi connectivity index (χ0n) is 12.5. The van der Waals surface area contributed by atoms with E-state index in [0.717, 1.165) is 24.0 Å². The van der Waals surface area contributed by atoms with E-state index in [9.17, 15) is 5.11 Å². The second kappa shape index (κ2) is 5.06. The van der Waals surface area contributed by atoms with Gasteiger partial charge in [-0.05, 0) is 44.4 Å². The molecule has 3 heterocycles. The number of piperidine rings is 1. The molecule has 0 spiro atoms. The predicted octanol–water partition coefficient (Wildman–Crippen LogP) is 2.18. The average molecular weight is 289 g/mol. The van der Waals surface area contributed by atoms with Gasteiger partial charge in [0, 0.05) is 17.6 Å². The summed E-state index contributed by atoms with van der Waals surface area (Å²) in [5.41, 5.74) is 1.33. The van der Waals surface area contributed by atoms with Crippen LogP contribution in [0.2, 0.25) is 0 Å². The molecular weight excluding hydrogens is 266 g/mol. The number of benzene rings is 1. The molecule has 4 heteroatoms. The predicted molar refractivity (Wildman–Crippen MR) is 78.8 cm³/mol. The summed E-state index contributed by atoms with van der Waals surface area (Å²) in [6, 6.07) is 9.16. The first-order valence-corrected chi connectivity index (χ1v) is 7.94. The van der Waals surface area contributed by atoms with Crippen molar-refractivity contribution in [2.24, 2.45) is 0 Å². The summed E-state index contributed by atoms with van der Waals surface area (Å²) in [5.74, 6) is 0. The first kappa shape index (κ1) is 13.7. The second-order valence-electron chi connectivity index (χ2n) is 6.69. The highest BCUT2D eigenvalue weighted by Crippen LogP contribution is 2.45. The minimum absolute atomic E-state index is 0.267. The summed E-state index contributed by atoms with van der Waals surface area (Å²) in [6.07, 6.45) is 3.80. The molecule has 1 aromatic carbocycles. The molecule has 4 nitrogen and oxygen atoms in total. The number of fused-ring (bicyclic) bond motifs is 2. The van der Waals surface area contributed by atoms with Gasteiger partial charge in [0.1, 0.15) is 0 Å². The highest BCUT2D eigenvalue weighted by molar-refractivity contribution is 5.30. The van der Waals surface area contributed by atoms with Gasteiger partial charge in [0.15, 0.2) is 6.29 Å². The van der Waals surface area contributed by atoms with Gasteiger partial charge in [-0.15, -0.1) is 0 Å². The van der Waals surface area contributed by atoms with Crippen molar-refractivity contribution >= 4 is 0 Å². The van der Waals surface area contributed by atoms with Crippen LogP contribution in [0, 0.1) is 0 Å². The summed E-state index contributed by atoms with van der Waals surface area (Å²) in [5, 5.41) is 11.2. The Kier molecular flexibility index (Phi) is 3.30. The fraction of sp³-hybridized carbons (Fsp3) is 0.647. The Labute approximate surface area is 125 Å². The highest BCUT2D eigenvalue weighted by atomic mass is 16.7. The number of hydrogen-bond acceptors (Lipinski definition) is 4. The van der Waals surface area contributed by atoms with Gasteiger partial charge in [0.25, 0.3) is 0 Å². The van der Waals surface area contributed by atoms with Crippen LogP contribution in [0.4, 0.5) is 0 Å². The molecule has 2 unspecified atom stereocenters. The van der Waals surface area contributed by atoms with Crippen LogP contribution in [-0.2, 0) is 15.1 Å². The zero-order valence-corrected chi connectivity index (χ0v) is 12.5. The topological polar surface area (TPSA) is 41.9 Å². The molecular formula is C17H23NO3. The van der Waals surface area contributed by atoms with E-state index in [0.29, 0.717) is 25.3 Å². The first-order valence-electron chi connectivity index (χ1n) is 7.94. The number of ether oxygens (including phenoxy) is 2. The molecule has 3 saturated heterocycles. The molecule has 2 atom stereocenters. The van der Waals surface area contributed by atoms with Crippen molar-refractivity contribution in [2.45, 2.75) is 49.7 Å². The minimum Gasteiger partial charge on any atom is -0.385 e. The molecule has 2 bridgehead atoms. The van der Waals surface area contributed by atoms with Crippen LogP contribution < -0.4 is 0 Å². The Hall–Kier alpha value is -0.940. The van der Waals surface area contributed by atoms with Gasteiger partial charge in [0.05, 0.1) is 18.8 Å². The van der Waals surface area contributed by atoms with Gasteiger partial charge < -0.3 is 19.5 Å². The molecule has 1 aromatic rings. The fourth-order valence-corrected chi connectivity index (χ4v) is 4.21. The maximum atomic E-state index is 11.2. The molecule has 0 aromatic heterocycles. The number of rotatable bonds is 2. The third-order valence-electron chi connectivity index (χ3n) is 5.45. The third kappa shape index (κ3) is 2.30. The van der Waals surface area contributed by atoms with E-state index in [4.69, 9.17) is 9.47 Å². The van der Waals surface area contributed by atoms with Gasteiger partial charge in [0.2, 0.25) is 0 Å². The summed E-state index contributed by atoms with van der Waals surface area (Å²) in [6.45, 7) is 1.29. The normalized spacial score (nSPS) is 37.2. The van der Waals surface area contributed by atoms with Crippen molar-refractivity contribution in [3.05, 3.63) is 35.4 Å². The van der Waals surface area contributed by atoms with Crippen molar-refractivity contribution in [1.29, 1.82) is 0 Å². The zero-order chi connectivity index (χ0) is 14.4. The van der Waals surface area contributed by atoms with Gasteiger partial charge in [-0.25, -0.2) is 0 Å². The smallest absolute Gasteiger partial charge is 0.184 e. The van der Waals surface area contributed by atoms with Crippen LogP contribution in [0.15, 0.2) is 24.3 Å². The Balaban J connectivity index is 1.62. The van der Waals surface area contributed by atoms with Gasteiger partial charge >= 0.3 is 0 Å². The first-order chi connectivity index (χ1) is 10.2. The maximum Gasteiger partial charge on any atom is 0.184 e. The van der Waals surface area contributed by atoms with Crippen LogP contribution in [0.25, 0.3) is 0 Å². The van der Waals surface area contributed by atoms with Crippen LogP contribution in [0.1, 0.15) is 43.1 Å². The van der Waals surface area contributed by atoms with Crippen molar-refractivity contribution < 1.29 is 14.6 Å². The molecule has 114 valence electrons. The second-order valence-corrected chi connectivity index (χ2v) is 6.69. The van der Waals surface area contributed by atoms with Crippen LogP contribution >= 0.6 is 0 Å². The molecule has 3 aliphatic heterocycles. The molecule has 0 aliphatic carbocycles. The van der Waals surface area contributed by atoms with Crippen molar-refractivity contribution in [2.75, 3.05) is 20.3 Å². The summed E-state index contributed by atoms with van der Waals surface area (Å²) >= 11 is 0. The highest BCUT2D eigenvalue weighted by Gasteiger charge is 2.46. The lowest BCUT2D eigenvalue weighted by molar-refractivity contribution is -0.0523. The average Bonchev–Trinajstić information content (AvgIpc) is 3.09. The van der Waals surface area contributed by atoms with E-state index in [2.05, 4.69) is 18.0 Å². The minimum atomic E-state index is -0.701. The van der Waals surface area contributed by atoms with Crippen molar-refractivity contribution in [1.82, 2.24) is 4.90 Å². The monoisotopic (exact) mass is 289 g/mol. The van der Waals surface area contributed by atoms with E-state index in [-0.39, 0.29) is 6.29 Å². The Morgan fingerprint density at radius 1 is 1.14 bits per heavy atom. The summed E-state index contributed by atoms with van der Waals surface area (Å²) < 4.78 is 11.1. The molecule has 4 rings (SSSR count). The quantitative estimate of drug-likeness (QED) is 0.906. The van der Waals surface area contributed by atoms with Gasteiger partial charge in [-0.2, -0.15) is 0 Å². The molecule has 21 heavy (non-hydrogen) atoms. The Morgan fingerprint density at radius 3 is 2.48 bits per heavy atom.